The first-order valence-corrected chi connectivity index (χ1v) is 4.34. The van der Waals surface area contributed by atoms with E-state index in [1.54, 1.807) is 13.0 Å². The monoisotopic (exact) mass is 225 g/mol. The molecule has 78 valence electrons. The largest absolute Gasteiger partial charge is 0.465 e. The van der Waals surface area contributed by atoms with Gasteiger partial charge in [0.25, 0.3) is 0 Å². The number of aromatic nitrogens is 1. The summed E-state index contributed by atoms with van der Waals surface area (Å²) in [6.45, 7) is 1.57. The van der Waals surface area contributed by atoms with Gasteiger partial charge in [-0.25, -0.2) is 9.78 Å². The van der Waals surface area contributed by atoms with E-state index in [4.69, 9.17) is 22.6 Å². The molecule has 0 spiro atoms. The molecule has 0 saturated carbocycles. The van der Waals surface area contributed by atoms with Crippen LogP contribution in [-0.2, 0) is 4.74 Å². The summed E-state index contributed by atoms with van der Waals surface area (Å²) in [6, 6.07) is 1.78. The zero-order chi connectivity index (χ0) is 11.6. The van der Waals surface area contributed by atoms with Gasteiger partial charge in [0.15, 0.2) is 0 Å². The van der Waals surface area contributed by atoms with Crippen molar-refractivity contribution in [2.45, 2.75) is 6.92 Å². The van der Waals surface area contributed by atoms with E-state index in [-0.39, 0.29) is 22.0 Å². The molecule has 1 heterocycles. The first-order valence-electron chi connectivity index (χ1n) is 3.96. The minimum Gasteiger partial charge on any atom is -0.465 e. The summed E-state index contributed by atoms with van der Waals surface area (Å²) in [4.78, 5) is 15.2. The van der Waals surface area contributed by atoms with Gasteiger partial charge >= 0.3 is 5.97 Å². The average Bonchev–Trinajstić information content (AvgIpc) is 2.17. The highest BCUT2D eigenvalue weighted by atomic mass is 35.5. The summed E-state index contributed by atoms with van der Waals surface area (Å²) in [5, 5.41) is 8.74. The molecule has 5 nitrogen and oxygen atoms in total. The van der Waals surface area contributed by atoms with E-state index >= 15 is 0 Å². The Morgan fingerprint density at radius 2 is 2.27 bits per heavy atom. The Hall–Kier alpha value is -1.80. The lowest BCUT2D eigenvalue weighted by molar-refractivity contribution is 0.0599. The molecular formula is C9H8ClN3O2. The average molecular weight is 226 g/mol. The number of pyridine rings is 1. The Balaban J connectivity index is 3.54. The summed E-state index contributed by atoms with van der Waals surface area (Å²) >= 11 is 5.85. The number of methoxy groups -OCH3 is 1. The van der Waals surface area contributed by atoms with Gasteiger partial charge in [0, 0.05) is 0 Å². The Labute approximate surface area is 91.4 Å². The minimum absolute atomic E-state index is 0.00709. The summed E-state index contributed by atoms with van der Waals surface area (Å²) in [5.74, 6) is -0.630. The van der Waals surface area contributed by atoms with Gasteiger partial charge in [-0.05, 0) is 6.92 Å². The highest BCUT2D eigenvalue weighted by molar-refractivity contribution is 6.35. The number of rotatable bonds is 1. The van der Waals surface area contributed by atoms with Crippen LogP contribution in [0.1, 0.15) is 21.6 Å². The molecule has 0 aliphatic rings. The van der Waals surface area contributed by atoms with Crippen LogP contribution < -0.4 is 5.73 Å². The fraction of sp³-hybridized carbons (Fsp3) is 0.222. The predicted octanol–water partition coefficient (Wildman–Crippen LogP) is 1.28. The lowest BCUT2D eigenvalue weighted by atomic mass is 10.1. The fourth-order valence-corrected chi connectivity index (χ4v) is 1.49. The molecule has 0 saturated heterocycles. The number of esters is 1. The SMILES string of the molecule is COC(=O)c1c(C)nc(N)c(C#N)c1Cl. The Morgan fingerprint density at radius 3 is 2.73 bits per heavy atom. The number of hydrogen-bond acceptors (Lipinski definition) is 5. The van der Waals surface area contributed by atoms with Gasteiger partial charge in [0.1, 0.15) is 23.0 Å². The quantitative estimate of drug-likeness (QED) is 0.728. The molecule has 0 bridgehead atoms. The Kier molecular flexibility index (Phi) is 3.12. The molecule has 2 N–H and O–H groups in total. The fourth-order valence-electron chi connectivity index (χ4n) is 1.13. The summed E-state index contributed by atoms with van der Waals surface area (Å²) in [7, 11) is 1.22. The number of nitrogens with two attached hydrogens (primary N) is 1. The number of hydrogen-bond donors (Lipinski definition) is 1. The van der Waals surface area contributed by atoms with Crippen LogP contribution in [0.25, 0.3) is 0 Å². The third-order valence-corrected chi connectivity index (χ3v) is 2.22. The minimum atomic E-state index is -0.637. The Morgan fingerprint density at radius 1 is 1.67 bits per heavy atom. The van der Waals surface area contributed by atoms with Crippen molar-refractivity contribution < 1.29 is 9.53 Å². The number of carbonyl (C=O) groups excluding carboxylic acids is 1. The molecule has 1 aromatic rings. The van der Waals surface area contributed by atoms with Crippen LogP contribution in [0.3, 0.4) is 0 Å². The van der Waals surface area contributed by atoms with Gasteiger partial charge in [-0.2, -0.15) is 5.26 Å². The first-order chi connectivity index (χ1) is 7.02. The van der Waals surface area contributed by atoms with Crippen LogP contribution >= 0.6 is 11.6 Å². The molecule has 0 aromatic carbocycles. The van der Waals surface area contributed by atoms with Crippen LogP contribution in [0.2, 0.25) is 5.02 Å². The van der Waals surface area contributed by atoms with Crippen molar-refractivity contribution in [3.05, 3.63) is 21.8 Å². The molecule has 15 heavy (non-hydrogen) atoms. The zero-order valence-electron chi connectivity index (χ0n) is 8.17. The molecule has 0 radical (unpaired) electrons. The molecule has 0 fully saturated rings. The van der Waals surface area contributed by atoms with E-state index in [0.717, 1.165) is 0 Å². The van der Waals surface area contributed by atoms with Crippen LogP contribution in [0.4, 0.5) is 5.82 Å². The van der Waals surface area contributed by atoms with E-state index in [0.29, 0.717) is 5.69 Å². The molecule has 0 aliphatic carbocycles. The van der Waals surface area contributed by atoms with Crippen LogP contribution in [-0.4, -0.2) is 18.1 Å². The van der Waals surface area contributed by atoms with Gasteiger partial charge in [-0.3, -0.25) is 0 Å². The van der Waals surface area contributed by atoms with Gasteiger partial charge in [0.2, 0.25) is 0 Å². The number of aryl methyl sites for hydroxylation is 1. The number of nitriles is 1. The molecule has 1 aromatic heterocycles. The van der Waals surface area contributed by atoms with Crippen LogP contribution in [0.15, 0.2) is 0 Å². The topological polar surface area (TPSA) is 89.0 Å². The number of anilines is 1. The van der Waals surface area contributed by atoms with Crippen molar-refractivity contribution >= 4 is 23.4 Å². The van der Waals surface area contributed by atoms with E-state index in [2.05, 4.69) is 9.72 Å². The number of halogens is 1. The smallest absolute Gasteiger partial charge is 0.341 e. The van der Waals surface area contributed by atoms with Gasteiger partial charge in [0.05, 0.1) is 17.8 Å². The van der Waals surface area contributed by atoms with E-state index < -0.39 is 5.97 Å². The molecule has 6 heteroatoms. The molecule has 0 atom stereocenters. The van der Waals surface area contributed by atoms with E-state index in [9.17, 15) is 4.79 Å². The summed E-state index contributed by atoms with van der Waals surface area (Å²) < 4.78 is 4.52. The first kappa shape index (κ1) is 11.3. The second kappa shape index (κ2) is 4.15. The molecular weight excluding hydrogens is 218 g/mol. The van der Waals surface area contributed by atoms with E-state index in [1.165, 1.54) is 7.11 Å². The van der Waals surface area contributed by atoms with Crippen molar-refractivity contribution in [3.63, 3.8) is 0 Å². The molecule has 0 aliphatic heterocycles. The highest BCUT2D eigenvalue weighted by Crippen LogP contribution is 2.26. The number of nitrogens with zero attached hydrogens (tertiary/aromatic N) is 2. The summed E-state index contributed by atoms with van der Waals surface area (Å²) in [6.07, 6.45) is 0. The van der Waals surface area contributed by atoms with Crippen LogP contribution in [0, 0.1) is 18.3 Å². The maximum atomic E-state index is 11.3. The molecule has 1 rings (SSSR count). The molecule has 0 unspecified atom stereocenters. The van der Waals surface area contributed by atoms with Crippen molar-refractivity contribution in [2.24, 2.45) is 0 Å². The number of nitrogen functional groups attached to an aromatic ring is 1. The van der Waals surface area contributed by atoms with Crippen molar-refractivity contribution in [1.82, 2.24) is 4.98 Å². The standard InChI is InChI=1S/C9H8ClN3O2/c1-4-6(9(14)15-2)7(10)5(3-11)8(12)13-4/h1-2H3,(H2,12,13). The maximum Gasteiger partial charge on any atom is 0.341 e. The number of ether oxygens (including phenoxy) is 1. The highest BCUT2D eigenvalue weighted by Gasteiger charge is 2.20. The van der Waals surface area contributed by atoms with Crippen molar-refractivity contribution in [2.75, 3.05) is 12.8 Å². The third kappa shape index (κ3) is 1.85. The van der Waals surface area contributed by atoms with E-state index in [1.807, 2.05) is 0 Å². The second-order valence-corrected chi connectivity index (χ2v) is 3.13. The lowest BCUT2D eigenvalue weighted by Crippen LogP contribution is -2.10. The molecule has 0 amide bonds. The predicted molar refractivity (Wildman–Crippen MR) is 54.5 cm³/mol. The normalized spacial score (nSPS) is 9.47. The van der Waals surface area contributed by atoms with Crippen LogP contribution in [0.5, 0.6) is 0 Å². The summed E-state index contributed by atoms with van der Waals surface area (Å²) in [5.41, 5.74) is 5.87. The Bertz CT molecular complexity index is 465. The van der Waals surface area contributed by atoms with Gasteiger partial charge in [-0.1, -0.05) is 11.6 Å². The van der Waals surface area contributed by atoms with Gasteiger partial charge < -0.3 is 10.5 Å². The zero-order valence-corrected chi connectivity index (χ0v) is 8.92. The van der Waals surface area contributed by atoms with Crippen molar-refractivity contribution in [1.29, 1.82) is 5.26 Å². The number of carbonyl (C=O) groups is 1. The second-order valence-electron chi connectivity index (χ2n) is 2.75. The van der Waals surface area contributed by atoms with Gasteiger partial charge in [-0.15, -0.1) is 0 Å². The van der Waals surface area contributed by atoms with Crippen molar-refractivity contribution in [3.8, 4) is 6.07 Å². The maximum absolute atomic E-state index is 11.3. The third-order valence-electron chi connectivity index (χ3n) is 1.85. The lowest BCUT2D eigenvalue weighted by Gasteiger charge is -2.08.